The summed E-state index contributed by atoms with van der Waals surface area (Å²) in [6.07, 6.45) is 1.75. The number of nitrogens with zero attached hydrogens (tertiary/aromatic N) is 1. The van der Waals surface area contributed by atoms with Crippen LogP contribution in [0.1, 0.15) is 17.3 Å². The van der Waals surface area contributed by atoms with Crippen molar-refractivity contribution in [2.24, 2.45) is 0 Å². The van der Waals surface area contributed by atoms with Crippen molar-refractivity contribution >= 4 is 5.78 Å². The normalized spacial score (nSPS) is 9.93. The fourth-order valence-corrected chi connectivity index (χ4v) is 1.43. The van der Waals surface area contributed by atoms with Crippen molar-refractivity contribution in [2.45, 2.75) is 6.92 Å². The Morgan fingerprint density at radius 1 is 1.13 bits per heavy atom. The Kier molecular flexibility index (Phi) is 2.59. The van der Waals surface area contributed by atoms with Gasteiger partial charge in [0.2, 0.25) is 0 Å². The lowest BCUT2D eigenvalue weighted by Gasteiger charge is -2.01. The van der Waals surface area contributed by atoms with Crippen LogP contribution >= 0.6 is 0 Å². The molecule has 0 aliphatic rings. The lowest BCUT2D eigenvalue weighted by atomic mass is 10.1. The van der Waals surface area contributed by atoms with Gasteiger partial charge in [-0.25, -0.2) is 0 Å². The molecule has 0 aliphatic heterocycles. The van der Waals surface area contributed by atoms with E-state index < -0.39 is 0 Å². The average molecular weight is 197 g/mol. The van der Waals surface area contributed by atoms with Crippen LogP contribution in [0.2, 0.25) is 0 Å². The smallest absolute Gasteiger partial charge is 0.159 e. The maximum atomic E-state index is 11.2. The molecule has 0 unspecified atom stereocenters. The van der Waals surface area contributed by atoms with E-state index in [9.17, 15) is 4.79 Å². The maximum absolute atomic E-state index is 11.2. The van der Waals surface area contributed by atoms with Crippen LogP contribution in [0.5, 0.6) is 0 Å². The van der Waals surface area contributed by atoms with Crippen LogP contribution in [0, 0.1) is 0 Å². The van der Waals surface area contributed by atoms with E-state index in [-0.39, 0.29) is 5.78 Å². The van der Waals surface area contributed by atoms with E-state index in [0.29, 0.717) is 0 Å². The highest BCUT2D eigenvalue weighted by Gasteiger charge is 2.02. The molecule has 2 heteroatoms. The van der Waals surface area contributed by atoms with Crippen LogP contribution in [0.15, 0.2) is 48.7 Å². The van der Waals surface area contributed by atoms with Gasteiger partial charge in [-0.3, -0.25) is 9.78 Å². The molecule has 2 rings (SSSR count). The molecule has 74 valence electrons. The van der Waals surface area contributed by atoms with E-state index in [1.807, 2.05) is 42.5 Å². The van der Waals surface area contributed by atoms with E-state index in [4.69, 9.17) is 0 Å². The molecule has 0 spiro atoms. The average Bonchev–Trinajstić information content (AvgIpc) is 2.30. The predicted molar refractivity (Wildman–Crippen MR) is 59.7 cm³/mol. The van der Waals surface area contributed by atoms with Crippen LogP contribution in [0.3, 0.4) is 0 Å². The third kappa shape index (κ3) is 2.10. The van der Waals surface area contributed by atoms with Gasteiger partial charge < -0.3 is 0 Å². The van der Waals surface area contributed by atoms with E-state index in [1.54, 1.807) is 13.1 Å². The summed E-state index contributed by atoms with van der Waals surface area (Å²) in [6.45, 7) is 1.57. The van der Waals surface area contributed by atoms with Crippen molar-refractivity contribution in [2.75, 3.05) is 0 Å². The van der Waals surface area contributed by atoms with Crippen molar-refractivity contribution < 1.29 is 4.79 Å². The second-order valence-corrected chi connectivity index (χ2v) is 3.35. The van der Waals surface area contributed by atoms with Gasteiger partial charge in [0.05, 0.1) is 5.69 Å². The van der Waals surface area contributed by atoms with E-state index in [2.05, 4.69) is 4.98 Å². The topological polar surface area (TPSA) is 30.0 Å². The highest BCUT2D eigenvalue weighted by Crippen LogP contribution is 2.17. The molecule has 2 aromatic rings. The predicted octanol–water partition coefficient (Wildman–Crippen LogP) is 2.95. The molecule has 0 atom stereocenters. The van der Waals surface area contributed by atoms with Crippen molar-refractivity contribution in [3.63, 3.8) is 0 Å². The summed E-state index contributed by atoms with van der Waals surface area (Å²) >= 11 is 0. The van der Waals surface area contributed by atoms with Crippen LogP contribution in [-0.4, -0.2) is 10.8 Å². The summed E-state index contributed by atoms with van der Waals surface area (Å²) in [7, 11) is 0. The van der Waals surface area contributed by atoms with Gasteiger partial charge in [0.15, 0.2) is 5.78 Å². The number of pyridine rings is 1. The molecule has 1 aromatic carbocycles. The van der Waals surface area contributed by atoms with E-state index in [0.717, 1.165) is 16.8 Å². The third-order valence-electron chi connectivity index (χ3n) is 2.23. The number of Topliss-reactive ketones (excluding diaryl/α,β-unsaturated/α-hetero) is 1. The zero-order chi connectivity index (χ0) is 10.7. The van der Waals surface area contributed by atoms with Gasteiger partial charge in [0.25, 0.3) is 0 Å². The minimum absolute atomic E-state index is 0.0766. The molecule has 0 fully saturated rings. The summed E-state index contributed by atoms with van der Waals surface area (Å²) in [5, 5.41) is 0. The highest BCUT2D eigenvalue weighted by molar-refractivity contribution is 5.95. The van der Waals surface area contributed by atoms with Gasteiger partial charge in [0, 0.05) is 17.3 Å². The van der Waals surface area contributed by atoms with Gasteiger partial charge >= 0.3 is 0 Å². The minimum Gasteiger partial charge on any atom is -0.295 e. The Morgan fingerprint density at radius 2 is 2.00 bits per heavy atom. The molecule has 1 heterocycles. The molecule has 0 N–H and O–H groups in total. The van der Waals surface area contributed by atoms with Crippen LogP contribution in [0.4, 0.5) is 0 Å². The second-order valence-electron chi connectivity index (χ2n) is 3.35. The molecule has 0 aliphatic carbocycles. The highest BCUT2D eigenvalue weighted by atomic mass is 16.1. The molecule has 0 bridgehead atoms. The molecule has 15 heavy (non-hydrogen) atoms. The van der Waals surface area contributed by atoms with E-state index in [1.165, 1.54) is 0 Å². The van der Waals surface area contributed by atoms with Gasteiger partial charge in [0.1, 0.15) is 0 Å². The fourth-order valence-electron chi connectivity index (χ4n) is 1.43. The van der Waals surface area contributed by atoms with Crippen molar-refractivity contribution in [3.05, 3.63) is 54.2 Å². The molecular weight excluding hydrogens is 186 g/mol. The first-order chi connectivity index (χ1) is 7.27. The number of hydrogen-bond acceptors (Lipinski definition) is 2. The Bertz CT molecular complexity index is 477. The first kappa shape index (κ1) is 9.59. The fraction of sp³-hybridized carbons (Fsp3) is 0.0769. The van der Waals surface area contributed by atoms with Crippen LogP contribution in [-0.2, 0) is 0 Å². The van der Waals surface area contributed by atoms with Crippen LogP contribution < -0.4 is 0 Å². The number of ketones is 1. The molecule has 0 amide bonds. The number of aromatic nitrogens is 1. The molecule has 0 saturated carbocycles. The molecular formula is C13H11NO. The summed E-state index contributed by atoms with van der Waals surface area (Å²) in [4.78, 5) is 15.4. The Balaban J connectivity index is 2.46. The summed E-state index contributed by atoms with van der Waals surface area (Å²) in [5.74, 6) is 0.0766. The Hall–Kier alpha value is -1.96. The number of carbonyl (C=O) groups excluding carboxylic acids is 1. The van der Waals surface area contributed by atoms with E-state index >= 15 is 0 Å². The Labute approximate surface area is 88.6 Å². The van der Waals surface area contributed by atoms with Crippen molar-refractivity contribution in [1.29, 1.82) is 0 Å². The molecule has 1 aromatic heterocycles. The number of benzene rings is 1. The standard InChI is InChI=1S/C13H11NO/c1-10(15)11-5-4-6-12(9-11)13-7-2-3-8-14-13/h2-9H,1H3. The largest absolute Gasteiger partial charge is 0.295 e. The first-order valence-electron chi connectivity index (χ1n) is 4.80. The minimum atomic E-state index is 0.0766. The van der Waals surface area contributed by atoms with Gasteiger partial charge in [-0.1, -0.05) is 24.3 Å². The lowest BCUT2D eigenvalue weighted by Crippen LogP contribution is -1.92. The quantitative estimate of drug-likeness (QED) is 0.693. The summed E-state index contributed by atoms with van der Waals surface area (Å²) < 4.78 is 0. The molecule has 2 nitrogen and oxygen atoms in total. The second kappa shape index (κ2) is 4.05. The zero-order valence-electron chi connectivity index (χ0n) is 8.47. The van der Waals surface area contributed by atoms with Gasteiger partial charge in [-0.2, -0.15) is 0 Å². The monoisotopic (exact) mass is 197 g/mol. The summed E-state index contributed by atoms with van der Waals surface area (Å²) in [5.41, 5.74) is 2.59. The Morgan fingerprint density at radius 3 is 2.67 bits per heavy atom. The number of carbonyl (C=O) groups is 1. The summed E-state index contributed by atoms with van der Waals surface area (Å²) in [6, 6.07) is 13.2. The number of rotatable bonds is 2. The molecule has 0 saturated heterocycles. The molecule has 0 radical (unpaired) electrons. The van der Waals surface area contributed by atoms with Gasteiger partial charge in [-0.05, 0) is 25.1 Å². The zero-order valence-corrected chi connectivity index (χ0v) is 8.47. The third-order valence-corrected chi connectivity index (χ3v) is 2.23. The van der Waals surface area contributed by atoms with Crippen LogP contribution in [0.25, 0.3) is 11.3 Å². The maximum Gasteiger partial charge on any atom is 0.159 e. The SMILES string of the molecule is CC(=O)c1cccc(-c2ccccn2)c1. The van der Waals surface area contributed by atoms with Gasteiger partial charge in [-0.15, -0.1) is 0 Å². The van der Waals surface area contributed by atoms with Crippen molar-refractivity contribution in [1.82, 2.24) is 4.98 Å². The van der Waals surface area contributed by atoms with Crippen molar-refractivity contribution in [3.8, 4) is 11.3 Å². The number of hydrogen-bond donors (Lipinski definition) is 0. The first-order valence-corrected chi connectivity index (χ1v) is 4.80. The lowest BCUT2D eigenvalue weighted by molar-refractivity contribution is 0.101.